The van der Waals surface area contributed by atoms with Crippen molar-refractivity contribution in [2.45, 2.75) is 19.4 Å². The van der Waals surface area contributed by atoms with Crippen LogP contribution < -0.4 is 11.1 Å². The normalized spacial score (nSPS) is 12.6. The fraction of sp³-hybridized carbons (Fsp3) is 0.308. The van der Waals surface area contributed by atoms with Gasteiger partial charge < -0.3 is 21.3 Å². The van der Waals surface area contributed by atoms with Gasteiger partial charge in [0.25, 0.3) is 0 Å². The lowest BCUT2D eigenvalue weighted by atomic mass is 10.1. The highest BCUT2D eigenvalue weighted by Gasteiger charge is 2.06. The standard InChI is InChI=1S/C13H18N2O3/c1-2-10(8-16)15-13(18)6-3-9-7-11(17)4-5-12(9)14/h3-7,10,16-17H,2,8,14H2,1H3,(H,15,18)/b6-3+. The fourth-order valence-corrected chi connectivity index (χ4v) is 1.40. The zero-order valence-corrected chi connectivity index (χ0v) is 10.3. The lowest BCUT2D eigenvalue weighted by molar-refractivity contribution is -0.117. The molecule has 0 heterocycles. The highest BCUT2D eigenvalue weighted by atomic mass is 16.3. The zero-order valence-electron chi connectivity index (χ0n) is 10.3. The average Bonchev–Trinajstić information content (AvgIpc) is 2.37. The maximum Gasteiger partial charge on any atom is 0.244 e. The molecule has 18 heavy (non-hydrogen) atoms. The van der Waals surface area contributed by atoms with Crippen molar-refractivity contribution < 1.29 is 15.0 Å². The van der Waals surface area contributed by atoms with E-state index in [1.165, 1.54) is 24.3 Å². The van der Waals surface area contributed by atoms with Gasteiger partial charge in [-0.1, -0.05) is 6.92 Å². The first-order valence-corrected chi connectivity index (χ1v) is 5.74. The number of nitrogens with two attached hydrogens (primary N) is 1. The Morgan fingerprint density at radius 3 is 2.89 bits per heavy atom. The number of phenolic OH excluding ortho intramolecular Hbond substituents is 1. The average molecular weight is 250 g/mol. The molecule has 1 unspecified atom stereocenters. The molecule has 0 spiro atoms. The summed E-state index contributed by atoms with van der Waals surface area (Å²) in [6.45, 7) is 1.78. The molecule has 98 valence electrons. The Morgan fingerprint density at radius 1 is 1.56 bits per heavy atom. The van der Waals surface area contributed by atoms with Crippen molar-refractivity contribution in [1.29, 1.82) is 0 Å². The molecule has 0 aliphatic heterocycles. The Kier molecular flexibility index (Phi) is 5.20. The number of benzene rings is 1. The highest BCUT2D eigenvalue weighted by molar-refractivity contribution is 5.92. The van der Waals surface area contributed by atoms with Crippen molar-refractivity contribution in [2.75, 3.05) is 12.3 Å². The Labute approximate surface area is 106 Å². The molecule has 0 aromatic heterocycles. The van der Waals surface area contributed by atoms with Gasteiger partial charge in [-0.15, -0.1) is 0 Å². The van der Waals surface area contributed by atoms with Gasteiger partial charge in [0.15, 0.2) is 0 Å². The quantitative estimate of drug-likeness (QED) is 0.354. The van der Waals surface area contributed by atoms with Crippen molar-refractivity contribution in [3.05, 3.63) is 29.8 Å². The number of hydrogen-bond acceptors (Lipinski definition) is 4. The summed E-state index contributed by atoms with van der Waals surface area (Å²) in [5, 5.41) is 20.9. The minimum Gasteiger partial charge on any atom is -0.508 e. The van der Waals surface area contributed by atoms with E-state index in [9.17, 15) is 9.90 Å². The Bertz CT molecular complexity index is 440. The van der Waals surface area contributed by atoms with Crippen LogP contribution in [0.3, 0.4) is 0 Å². The van der Waals surface area contributed by atoms with Crippen LogP contribution in [-0.2, 0) is 4.79 Å². The van der Waals surface area contributed by atoms with E-state index in [-0.39, 0.29) is 24.3 Å². The van der Waals surface area contributed by atoms with Gasteiger partial charge in [0, 0.05) is 17.3 Å². The predicted octanol–water partition coefficient (Wildman–Crippen LogP) is 0.875. The molecule has 0 aliphatic carbocycles. The molecule has 0 radical (unpaired) electrons. The topological polar surface area (TPSA) is 95.6 Å². The van der Waals surface area contributed by atoms with Crippen LogP contribution in [0.5, 0.6) is 5.75 Å². The second kappa shape index (κ2) is 6.66. The summed E-state index contributed by atoms with van der Waals surface area (Å²) < 4.78 is 0. The predicted molar refractivity (Wildman–Crippen MR) is 70.9 cm³/mol. The SMILES string of the molecule is CCC(CO)NC(=O)/C=C/c1cc(O)ccc1N. The molecule has 5 nitrogen and oxygen atoms in total. The smallest absolute Gasteiger partial charge is 0.244 e. The number of carbonyl (C=O) groups is 1. The maximum absolute atomic E-state index is 11.5. The van der Waals surface area contributed by atoms with Crippen LogP contribution in [0, 0.1) is 0 Å². The third-order valence-electron chi connectivity index (χ3n) is 2.54. The van der Waals surface area contributed by atoms with Gasteiger partial charge in [0.2, 0.25) is 5.91 Å². The van der Waals surface area contributed by atoms with Gasteiger partial charge in [0.1, 0.15) is 5.75 Å². The van der Waals surface area contributed by atoms with Crippen LogP contribution in [0.4, 0.5) is 5.69 Å². The first-order valence-electron chi connectivity index (χ1n) is 5.74. The van der Waals surface area contributed by atoms with E-state index in [2.05, 4.69) is 5.32 Å². The number of aromatic hydroxyl groups is 1. The molecule has 0 aliphatic rings. The Balaban J connectivity index is 2.68. The number of anilines is 1. The van der Waals surface area contributed by atoms with Crippen LogP contribution in [0.2, 0.25) is 0 Å². The second-order valence-corrected chi connectivity index (χ2v) is 3.94. The van der Waals surface area contributed by atoms with Crippen LogP contribution in [0.15, 0.2) is 24.3 Å². The number of rotatable bonds is 5. The summed E-state index contributed by atoms with van der Waals surface area (Å²) >= 11 is 0. The minimum atomic E-state index is -0.307. The van der Waals surface area contributed by atoms with Crippen molar-refractivity contribution >= 4 is 17.7 Å². The van der Waals surface area contributed by atoms with Gasteiger partial charge in [-0.25, -0.2) is 0 Å². The summed E-state index contributed by atoms with van der Waals surface area (Å²) in [6, 6.07) is 4.27. The summed E-state index contributed by atoms with van der Waals surface area (Å²) in [5.74, 6) is -0.218. The monoisotopic (exact) mass is 250 g/mol. The second-order valence-electron chi connectivity index (χ2n) is 3.94. The Morgan fingerprint density at radius 2 is 2.28 bits per heavy atom. The molecule has 5 heteroatoms. The molecule has 0 bridgehead atoms. The number of nitrogens with one attached hydrogen (secondary N) is 1. The molecule has 1 amide bonds. The number of phenols is 1. The Hall–Kier alpha value is -2.01. The molecule has 1 aromatic rings. The molecular weight excluding hydrogens is 232 g/mol. The fourth-order valence-electron chi connectivity index (χ4n) is 1.40. The third-order valence-corrected chi connectivity index (χ3v) is 2.54. The van der Waals surface area contributed by atoms with Gasteiger partial charge in [-0.05, 0) is 30.7 Å². The lowest BCUT2D eigenvalue weighted by Crippen LogP contribution is -2.35. The molecule has 0 fully saturated rings. The molecular formula is C13H18N2O3. The van der Waals surface area contributed by atoms with E-state index >= 15 is 0 Å². The number of aliphatic hydroxyl groups excluding tert-OH is 1. The number of amides is 1. The van der Waals surface area contributed by atoms with Crippen LogP contribution in [-0.4, -0.2) is 28.8 Å². The van der Waals surface area contributed by atoms with Crippen LogP contribution in [0.1, 0.15) is 18.9 Å². The molecule has 1 aromatic carbocycles. The number of nitrogen functional groups attached to an aromatic ring is 1. The van der Waals surface area contributed by atoms with Crippen LogP contribution in [0.25, 0.3) is 6.08 Å². The van der Waals surface area contributed by atoms with E-state index in [0.717, 1.165) is 0 Å². The molecule has 0 saturated carbocycles. The number of hydrogen-bond donors (Lipinski definition) is 4. The van der Waals surface area contributed by atoms with Gasteiger partial charge >= 0.3 is 0 Å². The van der Waals surface area contributed by atoms with E-state index in [4.69, 9.17) is 10.8 Å². The summed E-state index contributed by atoms with van der Waals surface area (Å²) in [4.78, 5) is 11.5. The van der Waals surface area contributed by atoms with E-state index in [0.29, 0.717) is 17.7 Å². The largest absolute Gasteiger partial charge is 0.508 e. The molecule has 1 atom stereocenters. The van der Waals surface area contributed by atoms with Gasteiger partial charge in [-0.2, -0.15) is 0 Å². The van der Waals surface area contributed by atoms with Crippen molar-refractivity contribution in [2.24, 2.45) is 0 Å². The van der Waals surface area contributed by atoms with Gasteiger partial charge in [-0.3, -0.25) is 4.79 Å². The van der Waals surface area contributed by atoms with Crippen molar-refractivity contribution in [3.63, 3.8) is 0 Å². The molecule has 5 N–H and O–H groups in total. The highest BCUT2D eigenvalue weighted by Crippen LogP contribution is 2.19. The van der Waals surface area contributed by atoms with Crippen molar-refractivity contribution in [1.82, 2.24) is 5.32 Å². The summed E-state index contributed by atoms with van der Waals surface area (Å²) in [5.41, 5.74) is 6.74. The zero-order chi connectivity index (χ0) is 13.5. The van der Waals surface area contributed by atoms with Gasteiger partial charge in [0.05, 0.1) is 12.6 Å². The first-order chi connectivity index (χ1) is 8.56. The van der Waals surface area contributed by atoms with E-state index < -0.39 is 0 Å². The number of aliphatic hydroxyl groups is 1. The molecule has 0 saturated heterocycles. The lowest BCUT2D eigenvalue weighted by Gasteiger charge is -2.11. The van der Waals surface area contributed by atoms with Crippen molar-refractivity contribution in [3.8, 4) is 5.75 Å². The maximum atomic E-state index is 11.5. The summed E-state index contributed by atoms with van der Waals surface area (Å²) in [6.07, 6.45) is 3.50. The van der Waals surface area contributed by atoms with Crippen LogP contribution >= 0.6 is 0 Å². The summed E-state index contributed by atoms with van der Waals surface area (Å²) in [7, 11) is 0. The van der Waals surface area contributed by atoms with E-state index in [1.54, 1.807) is 6.07 Å². The first kappa shape index (κ1) is 14.1. The van der Waals surface area contributed by atoms with E-state index in [1.807, 2.05) is 6.92 Å². The molecule has 1 rings (SSSR count). The minimum absolute atomic E-state index is 0.0889. The number of carbonyl (C=O) groups excluding carboxylic acids is 1. The third kappa shape index (κ3) is 4.10.